The third-order valence-corrected chi connectivity index (χ3v) is 3.02. The normalized spacial score (nSPS) is 11.9. The molecule has 1 aromatic carbocycles. The maximum absolute atomic E-state index is 12.0. The van der Waals surface area contributed by atoms with Crippen molar-refractivity contribution in [2.24, 2.45) is 0 Å². The van der Waals surface area contributed by atoms with E-state index < -0.39 is 5.60 Å². The standard InChI is InChI=1S/C17H21NO2/c1-11(2)12-6-7-13-10-18-15(9-14(13)8-12)16(19)20-17(3,4)5/h6-11H,1-5H3. The lowest BCUT2D eigenvalue weighted by molar-refractivity contribution is 0.00631. The number of carbonyl (C=O) groups excluding carboxylic acids is 1. The van der Waals surface area contributed by atoms with Crippen molar-refractivity contribution in [3.05, 3.63) is 41.7 Å². The molecule has 0 aliphatic carbocycles. The first-order valence-electron chi connectivity index (χ1n) is 6.89. The average molecular weight is 271 g/mol. The third kappa shape index (κ3) is 3.35. The smallest absolute Gasteiger partial charge is 0.357 e. The van der Waals surface area contributed by atoms with Crippen LogP contribution in [0.3, 0.4) is 0 Å². The second-order valence-electron chi connectivity index (χ2n) is 6.33. The molecule has 3 nitrogen and oxygen atoms in total. The molecule has 20 heavy (non-hydrogen) atoms. The van der Waals surface area contributed by atoms with Gasteiger partial charge < -0.3 is 4.74 Å². The van der Waals surface area contributed by atoms with Crippen LogP contribution in [0.25, 0.3) is 10.8 Å². The van der Waals surface area contributed by atoms with E-state index in [0.29, 0.717) is 11.6 Å². The number of nitrogens with zero attached hydrogens (tertiary/aromatic N) is 1. The van der Waals surface area contributed by atoms with Crippen molar-refractivity contribution in [2.45, 2.75) is 46.1 Å². The Morgan fingerprint density at radius 3 is 2.45 bits per heavy atom. The van der Waals surface area contributed by atoms with Gasteiger partial charge in [-0.2, -0.15) is 0 Å². The monoisotopic (exact) mass is 271 g/mol. The van der Waals surface area contributed by atoms with Gasteiger partial charge in [-0.15, -0.1) is 0 Å². The fraction of sp³-hybridized carbons (Fsp3) is 0.412. The molecule has 0 radical (unpaired) electrons. The van der Waals surface area contributed by atoms with Gasteiger partial charge in [0.15, 0.2) is 0 Å². The fourth-order valence-corrected chi connectivity index (χ4v) is 1.96. The second-order valence-corrected chi connectivity index (χ2v) is 6.33. The number of pyridine rings is 1. The summed E-state index contributed by atoms with van der Waals surface area (Å²) < 4.78 is 5.35. The Hall–Kier alpha value is -1.90. The van der Waals surface area contributed by atoms with Gasteiger partial charge in [-0.05, 0) is 43.7 Å². The summed E-state index contributed by atoms with van der Waals surface area (Å²) in [5.74, 6) is 0.0758. The van der Waals surface area contributed by atoms with Gasteiger partial charge in [-0.3, -0.25) is 0 Å². The summed E-state index contributed by atoms with van der Waals surface area (Å²) in [5.41, 5.74) is 1.10. The van der Waals surface area contributed by atoms with E-state index in [-0.39, 0.29) is 5.97 Å². The van der Waals surface area contributed by atoms with Crippen molar-refractivity contribution in [1.29, 1.82) is 0 Å². The zero-order valence-corrected chi connectivity index (χ0v) is 12.7. The molecular weight excluding hydrogens is 250 g/mol. The van der Waals surface area contributed by atoms with Gasteiger partial charge in [0.1, 0.15) is 11.3 Å². The number of rotatable bonds is 2. The Bertz CT molecular complexity index is 639. The minimum absolute atomic E-state index is 0.355. The van der Waals surface area contributed by atoms with Gasteiger partial charge in [0.25, 0.3) is 0 Å². The van der Waals surface area contributed by atoms with Crippen LogP contribution in [0.5, 0.6) is 0 Å². The van der Waals surface area contributed by atoms with E-state index >= 15 is 0 Å². The molecule has 0 amide bonds. The Balaban J connectivity index is 2.39. The van der Waals surface area contributed by atoms with Gasteiger partial charge in [-0.1, -0.05) is 32.0 Å². The average Bonchev–Trinajstić information content (AvgIpc) is 2.35. The summed E-state index contributed by atoms with van der Waals surface area (Å²) in [4.78, 5) is 16.2. The molecule has 2 aromatic rings. The van der Waals surface area contributed by atoms with Crippen LogP contribution in [-0.2, 0) is 4.74 Å². The third-order valence-electron chi connectivity index (χ3n) is 3.02. The minimum atomic E-state index is -0.506. The molecule has 1 heterocycles. The predicted molar refractivity (Wildman–Crippen MR) is 81.0 cm³/mol. The van der Waals surface area contributed by atoms with E-state index in [4.69, 9.17) is 4.74 Å². The number of esters is 1. The minimum Gasteiger partial charge on any atom is -0.455 e. The molecule has 0 unspecified atom stereocenters. The number of aromatic nitrogens is 1. The van der Waals surface area contributed by atoms with Crippen LogP contribution in [0.15, 0.2) is 30.5 Å². The van der Waals surface area contributed by atoms with Gasteiger partial charge in [0.2, 0.25) is 0 Å². The molecule has 0 bridgehead atoms. The lowest BCUT2D eigenvalue weighted by Gasteiger charge is -2.19. The van der Waals surface area contributed by atoms with Crippen LogP contribution in [0.4, 0.5) is 0 Å². The molecule has 0 N–H and O–H groups in total. The molecule has 0 aliphatic rings. The number of hydrogen-bond acceptors (Lipinski definition) is 3. The van der Waals surface area contributed by atoms with Crippen LogP contribution < -0.4 is 0 Å². The summed E-state index contributed by atoms with van der Waals surface area (Å²) in [6.07, 6.45) is 1.72. The van der Waals surface area contributed by atoms with Crippen LogP contribution in [0.1, 0.15) is 56.6 Å². The Kier molecular flexibility index (Phi) is 3.80. The maximum Gasteiger partial charge on any atom is 0.357 e. The number of hydrogen-bond donors (Lipinski definition) is 0. The first-order valence-corrected chi connectivity index (χ1v) is 6.89. The van der Waals surface area contributed by atoms with E-state index in [1.807, 2.05) is 26.8 Å². The fourth-order valence-electron chi connectivity index (χ4n) is 1.96. The van der Waals surface area contributed by atoms with Crippen molar-refractivity contribution in [1.82, 2.24) is 4.98 Å². The molecule has 0 saturated carbocycles. The molecule has 106 valence electrons. The SMILES string of the molecule is CC(C)c1ccc2cnc(C(=O)OC(C)(C)C)cc2c1. The number of benzene rings is 1. The zero-order valence-electron chi connectivity index (χ0n) is 12.7. The van der Waals surface area contributed by atoms with Crippen molar-refractivity contribution in [3.8, 4) is 0 Å². The number of carbonyl (C=O) groups is 1. The van der Waals surface area contributed by atoms with E-state index in [1.165, 1.54) is 5.56 Å². The Morgan fingerprint density at radius 1 is 1.15 bits per heavy atom. The highest BCUT2D eigenvalue weighted by Crippen LogP contribution is 2.22. The molecular formula is C17H21NO2. The lowest BCUT2D eigenvalue weighted by atomic mass is 10.00. The zero-order chi connectivity index (χ0) is 14.9. The molecule has 0 saturated heterocycles. The van der Waals surface area contributed by atoms with E-state index in [9.17, 15) is 4.79 Å². The second kappa shape index (κ2) is 5.23. The van der Waals surface area contributed by atoms with Crippen LogP contribution in [0.2, 0.25) is 0 Å². The highest BCUT2D eigenvalue weighted by Gasteiger charge is 2.19. The van der Waals surface area contributed by atoms with Crippen molar-refractivity contribution in [2.75, 3.05) is 0 Å². The van der Waals surface area contributed by atoms with Crippen LogP contribution >= 0.6 is 0 Å². The lowest BCUT2D eigenvalue weighted by Crippen LogP contribution is -2.24. The van der Waals surface area contributed by atoms with Gasteiger partial charge in [-0.25, -0.2) is 9.78 Å². The molecule has 3 heteroatoms. The largest absolute Gasteiger partial charge is 0.455 e. The Labute approximate surface area is 120 Å². The summed E-state index contributed by atoms with van der Waals surface area (Å²) in [5, 5.41) is 2.05. The molecule has 0 atom stereocenters. The highest BCUT2D eigenvalue weighted by molar-refractivity contribution is 5.93. The summed E-state index contributed by atoms with van der Waals surface area (Å²) in [6.45, 7) is 9.85. The van der Waals surface area contributed by atoms with E-state index in [0.717, 1.165) is 10.8 Å². The molecule has 0 fully saturated rings. The maximum atomic E-state index is 12.0. The van der Waals surface area contributed by atoms with Crippen LogP contribution in [0, 0.1) is 0 Å². The van der Waals surface area contributed by atoms with Gasteiger partial charge in [0.05, 0.1) is 0 Å². The summed E-state index contributed by atoms with van der Waals surface area (Å²) >= 11 is 0. The molecule has 2 rings (SSSR count). The molecule has 0 aliphatic heterocycles. The predicted octanol–water partition coefficient (Wildman–Crippen LogP) is 4.31. The number of fused-ring (bicyclic) bond motifs is 1. The highest BCUT2D eigenvalue weighted by atomic mass is 16.6. The summed E-state index contributed by atoms with van der Waals surface area (Å²) in [7, 11) is 0. The van der Waals surface area contributed by atoms with Crippen molar-refractivity contribution in [3.63, 3.8) is 0 Å². The first-order chi connectivity index (χ1) is 9.26. The first kappa shape index (κ1) is 14.5. The van der Waals surface area contributed by atoms with Crippen molar-refractivity contribution >= 4 is 16.7 Å². The number of ether oxygens (including phenoxy) is 1. The molecule has 0 spiro atoms. The summed E-state index contributed by atoms with van der Waals surface area (Å²) in [6, 6.07) is 8.04. The van der Waals surface area contributed by atoms with E-state index in [2.05, 4.69) is 31.0 Å². The topological polar surface area (TPSA) is 39.2 Å². The Morgan fingerprint density at radius 2 is 1.85 bits per heavy atom. The van der Waals surface area contributed by atoms with E-state index in [1.54, 1.807) is 12.3 Å². The quantitative estimate of drug-likeness (QED) is 0.764. The molecule has 1 aromatic heterocycles. The van der Waals surface area contributed by atoms with Crippen molar-refractivity contribution < 1.29 is 9.53 Å². The van der Waals surface area contributed by atoms with Gasteiger partial charge >= 0.3 is 5.97 Å². The van der Waals surface area contributed by atoms with Gasteiger partial charge in [0, 0.05) is 11.6 Å². The van der Waals surface area contributed by atoms with Crippen LogP contribution in [-0.4, -0.2) is 16.6 Å².